The normalized spacial score (nSPS) is 15.1. The van der Waals surface area contributed by atoms with Crippen molar-refractivity contribution in [2.24, 2.45) is 4.99 Å². The number of benzene rings is 1. The van der Waals surface area contributed by atoms with E-state index in [0.29, 0.717) is 12.5 Å². The summed E-state index contributed by atoms with van der Waals surface area (Å²) in [6.45, 7) is 2.80. The van der Waals surface area contributed by atoms with Gasteiger partial charge < -0.3 is 16.0 Å². The van der Waals surface area contributed by atoms with Crippen molar-refractivity contribution >= 4 is 41.9 Å². The summed E-state index contributed by atoms with van der Waals surface area (Å²) >= 11 is 0. The van der Waals surface area contributed by atoms with Crippen molar-refractivity contribution in [2.75, 3.05) is 26.7 Å². The number of hydrogen-bond acceptors (Lipinski definition) is 4. The van der Waals surface area contributed by atoms with E-state index < -0.39 is 0 Å². The minimum absolute atomic E-state index is 0. The summed E-state index contributed by atoms with van der Waals surface area (Å²) in [4.78, 5) is 28.5. The van der Waals surface area contributed by atoms with Gasteiger partial charge >= 0.3 is 6.03 Å². The van der Waals surface area contributed by atoms with Gasteiger partial charge in [-0.15, -0.1) is 24.0 Å². The lowest BCUT2D eigenvalue weighted by Gasteiger charge is -2.20. The summed E-state index contributed by atoms with van der Waals surface area (Å²) in [5.41, 5.74) is 2.06. The van der Waals surface area contributed by atoms with Crippen molar-refractivity contribution in [3.8, 4) is 5.69 Å². The topological polar surface area (TPSA) is 104 Å². The molecule has 3 amide bonds. The van der Waals surface area contributed by atoms with E-state index in [-0.39, 0.29) is 55.0 Å². The van der Waals surface area contributed by atoms with Crippen LogP contribution in [0.4, 0.5) is 4.79 Å². The number of aliphatic imine (C=N–C) groups is 1. The van der Waals surface area contributed by atoms with Crippen LogP contribution in [0, 0.1) is 0 Å². The van der Waals surface area contributed by atoms with E-state index in [9.17, 15) is 9.59 Å². The number of carbonyl (C=O) groups is 2. The molecule has 0 bridgehead atoms. The van der Waals surface area contributed by atoms with E-state index in [1.54, 1.807) is 17.9 Å². The highest BCUT2D eigenvalue weighted by Gasteiger charge is 2.27. The van der Waals surface area contributed by atoms with Crippen LogP contribution in [0.5, 0.6) is 0 Å². The quantitative estimate of drug-likeness (QED) is 0.242. The highest BCUT2D eigenvalue weighted by atomic mass is 127. The summed E-state index contributed by atoms with van der Waals surface area (Å²) in [6, 6.07) is 9.60. The molecule has 150 valence electrons. The first kappa shape index (κ1) is 21.7. The average molecular weight is 497 g/mol. The zero-order chi connectivity index (χ0) is 19.2. The number of carbonyl (C=O) groups excluding carboxylic acids is 2. The van der Waals surface area contributed by atoms with Crippen LogP contribution in [-0.4, -0.2) is 59.3 Å². The Labute approximate surface area is 180 Å². The monoisotopic (exact) mass is 497 g/mol. The van der Waals surface area contributed by atoms with Crippen LogP contribution in [0.2, 0.25) is 0 Å². The molecule has 1 aromatic heterocycles. The number of nitrogens with zero attached hydrogens (tertiary/aromatic N) is 4. The van der Waals surface area contributed by atoms with E-state index in [4.69, 9.17) is 0 Å². The molecule has 3 N–H and O–H groups in total. The molecule has 1 atom stereocenters. The predicted octanol–water partition coefficient (Wildman–Crippen LogP) is 1.27. The van der Waals surface area contributed by atoms with E-state index in [0.717, 1.165) is 11.3 Å². The van der Waals surface area contributed by atoms with Crippen LogP contribution in [0.15, 0.2) is 47.7 Å². The first-order chi connectivity index (χ1) is 13.1. The summed E-state index contributed by atoms with van der Waals surface area (Å²) in [6.07, 6.45) is 3.64. The number of hydrogen-bond donors (Lipinski definition) is 3. The molecular weight excluding hydrogens is 473 g/mol. The molecule has 0 radical (unpaired) electrons. The largest absolute Gasteiger partial charge is 0.355 e. The Kier molecular flexibility index (Phi) is 7.79. The summed E-state index contributed by atoms with van der Waals surface area (Å²) < 4.78 is 1.81. The minimum Gasteiger partial charge on any atom is -0.355 e. The van der Waals surface area contributed by atoms with Gasteiger partial charge in [-0.1, -0.05) is 12.1 Å². The number of amides is 3. The fourth-order valence-corrected chi connectivity index (χ4v) is 2.81. The minimum atomic E-state index is -0.353. The molecule has 9 nitrogen and oxygen atoms in total. The van der Waals surface area contributed by atoms with Gasteiger partial charge in [-0.2, -0.15) is 5.10 Å². The van der Waals surface area contributed by atoms with E-state index in [1.165, 1.54) is 4.90 Å². The first-order valence-corrected chi connectivity index (χ1v) is 8.74. The lowest BCUT2D eigenvalue weighted by atomic mass is 10.1. The Bertz CT molecular complexity index is 822. The summed E-state index contributed by atoms with van der Waals surface area (Å²) in [5.74, 6) is 0.382. The van der Waals surface area contributed by atoms with Gasteiger partial charge in [-0.3, -0.25) is 14.7 Å². The smallest absolute Gasteiger partial charge is 0.324 e. The molecular formula is C18H24IN7O2. The second-order valence-electron chi connectivity index (χ2n) is 6.11. The van der Waals surface area contributed by atoms with Crippen LogP contribution in [0.1, 0.15) is 18.5 Å². The molecule has 1 unspecified atom stereocenters. The SMILES string of the molecule is CN=C(NCCN1C(=O)CNC1=O)NC(C)c1cccc(-n2cccn2)c1.I. The third kappa shape index (κ3) is 5.21. The highest BCUT2D eigenvalue weighted by molar-refractivity contribution is 14.0. The molecule has 1 saturated heterocycles. The maximum atomic E-state index is 11.6. The van der Waals surface area contributed by atoms with E-state index in [1.807, 2.05) is 37.4 Å². The van der Waals surface area contributed by atoms with Gasteiger partial charge in [0, 0.05) is 32.5 Å². The number of imide groups is 1. The zero-order valence-corrected chi connectivity index (χ0v) is 18.1. The fraction of sp³-hybridized carbons (Fsp3) is 0.333. The molecule has 0 saturated carbocycles. The van der Waals surface area contributed by atoms with Gasteiger partial charge in [0.05, 0.1) is 18.3 Å². The molecule has 0 aliphatic carbocycles. The number of nitrogens with one attached hydrogen (secondary N) is 3. The lowest BCUT2D eigenvalue weighted by Crippen LogP contribution is -2.43. The second-order valence-corrected chi connectivity index (χ2v) is 6.11. The molecule has 1 fully saturated rings. The highest BCUT2D eigenvalue weighted by Crippen LogP contribution is 2.16. The van der Waals surface area contributed by atoms with Crippen LogP contribution in [0.3, 0.4) is 0 Å². The van der Waals surface area contributed by atoms with E-state index >= 15 is 0 Å². The Balaban J connectivity index is 0.00000280. The Morgan fingerprint density at radius 1 is 1.36 bits per heavy atom. The Hall–Kier alpha value is -2.63. The van der Waals surface area contributed by atoms with Gasteiger partial charge in [0.1, 0.15) is 0 Å². The molecule has 10 heteroatoms. The number of aromatic nitrogens is 2. The zero-order valence-electron chi connectivity index (χ0n) is 15.8. The van der Waals surface area contributed by atoms with Crippen molar-refractivity contribution in [1.82, 2.24) is 30.6 Å². The van der Waals surface area contributed by atoms with Crippen molar-refractivity contribution in [3.05, 3.63) is 48.3 Å². The van der Waals surface area contributed by atoms with Crippen LogP contribution in [-0.2, 0) is 4.79 Å². The maximum Gasteiger partial charge on any atom is 0.324 e. The van der Waals surface area contributed by atoms with Crippen molar-refractivity contribution in [1.29, 1.82) is 0 Å². The van der Waals surface area contributed by atoms with Crippen molar-refractivity contribution in [3.63, 3.8) is 0 Å². The van der Waals surface area contributed by atoms with Gasteiger partial charge in [0.15, 0.2) is 5.96 Å². The number of rotatable bonds is 6. The number of halogens is 1. The van der Waals surface area contributed by atoms with Gasteiger partial charge in [-0.25, -0.2) is 9.48 Å². The molecule has 1 aliphatic rings. The maximum absolute atomic E-state index is 11.6. The summed E-state index contributed by atoms with van der Waals surface area (Å²) in [7, 11) is 1.68. The standard InChI is InChI=1S/C18H23N7O2.HI/c1-13(14-5-3-6-15(11-14)25-9-4-7-22-25)23-17(19-2)20-8-10-24-16(26)12-21-18(24)27;/h3-7,9,11,13H,8,10,12H2,1-2H3,(H,21,27)(H2,19,20,23);1H. The van der Waals surface area contributed by atoms with Crippen molar-refractivity contribution < 1.29 is 9.59 Å². The van der Waals surface area contributed by atoms with Crippen LogP contribution >= 0.6 is 24.0 Å². The summed E-state index contributed by atoms with van der Waals surface area (Å²) in [5, 5.41) is 13.2. The lowest BCUT2D eigenvalue weighted by molar-refractivity contribution is -0.124. The first-order valence-electron chi connectivity index (χ1n) is 8.74. The van der Waals surface area contributed by atoms with Gasteiger partial charge in [0.2, 0.25) is 5.91 Å². The molecule has 2 heterocycles. The molecule has 3 rings (SSSR count). The van der Waals surface area contributed by atoms with Crippen molar-refractivity contribution in [2.45, 2.75) is 13.0 Å². The Morgan fingerprint density at radius 2 is 2.18 bits per heavy atom. The second kappa shape index (κ2) is 10.1. The van der Waals surface area contributed by atoms with Crippen LogP contribution in [0.25, 0.3) is 5.69 Å². The van der Waals surface area contributed by atoms with E-state index in [2.05, 4.69) is 32.1 Å². The molecule has 1 aromatic carbocycles. The molecule has 0 spiro atoms. The molecule has 2 aromatic rings. The number of guanidine groups is 1. The average Bonchev–Trinajstić information content (AvgIpc) is 3.32. The Morgan fingerprint density at radius 3 is 2.82 bits per heavy atom. The number of urea groups is 1. The van der Waals surface area contributed by atoms with Gasteiger partial charge in [-0.05, 0) is 30.7 Å². The molecule has 1 aliphatic heterocycles. The fourth-order valence-electron chi connectivity index (χ4n) is 2.81. The van der Waals surface area contributed by atoms with Crippen LogP contribution < -0.4 is 16.0 Å². The van der Waals surface area contributed by atoms with Gasteiger partial charge in [0.25, 0.3) is 0 Å². The third-order valence-corrected chi connectivity index (χ3v) is 4.28. The molecule has 28 heavy (non-hydrogen) atoms. The predicted molar refractivity (Wildman–Crippen MR) is 117 cm³/mol. The third-order valence-electron chi connectivity index (χ3n) is 4.28.